The summed E-state index contributed by atoms with van der Waals surface area (Å²) in [5, 5.41) is 0. The van der Waals surface area contributed by atoms with Gasteiger partial charge in [-0.3, -0.25) is 18.8 Å². The van der Waals surface area contributed by atoms with Crippen LogP contribution < -0.4 is 0 Å². The van der Waals surface area contributed by atoms with Crippen molar-refractivity contribution in [3.63, 3.8) is 0 Å². The molecule has 0 aliphatic heterocycles. The Hall–Kier alpha value is 2.04. The molecule has 0 saturated carbocycles. The first-order chi connectivity index (χ1) is 0. The molecule has 0 fully saturated rings. The van der Waals surface area contributed by atoms with Gasteiger partial charge in [0.2, 0.25) is 0 Å². The Bertz CT molecular complexity index is 7.51. The fraction of sp³-hybridized carbons (Fsp3) is 0. The molecule has 0 aromatic rings. The zero-order valence-electron chi connectivity index (χ0n) is 1.99. The third kappa shape index (κ3) is 36.8. The Kier molecular flexibility index (Phi) is 980. The van der Waals surface area contributed by atoms with E-state index in [4.69, 9.17) is 0 Å². The van der Waals surface area contributed by atoms with E-state index in [9.17, 15) is 0 Å². The van der Waals surface area contributed by atoms with Crippen molar-refractivity contribution < 1.29 is 58.8 Å². The van der Waals surface area contributed by atoms with Crippen LogP contribution in [0.25, 0.3) is 0 Å². The molecule has 0 bridgehead atoms. The van der Waals surface area contributed by atoms with Gasteiger partial charge in [-0.1, -0.05) is 0 Å². The zero-order valence-corrected chi connectivity index (χ0v) is 4.26. The van der Waals surface area contributed by atoms with E-state index in [-0.39, 0.29) is 88.3 Å². The van der Waals surface area contributed by atoms with Crippen molar-refractivity contribution in [3.8, 4) is 0 Å². The van der Waals surface area contributed by atoms with Gasteiger partial charge in [-0.25, -0.2) is 0 Å². The van der Waals surface area contributed by atoms with Gasteiger partial charge in [0.1, 0.15) is 0 Å². The van der Waals surface area contributed by atoms with Crippen molar-refractivity contribution in [1.82, 2.24) is 0 Å². The Morgan fingerprint density at radius 2 is 0.500 bits per heavy atom. The van der Waals surface area contributed by atoms with Crippen molar-refractivity contribution in [3.05, 3.63) is 0 Å². The Morgan fingerprint density at radius 1 is 0.500 bits per heavy atom. The van der Waals surface area contributed by atoms with Crippen LogP contribution in [0.4, 0.5) is 18.8 Å². The van der Waals surface area contributed by atoms with Crippen molar-refractivity contribution in [2.45, 2.75) is 0 Å². The zero-order chi connectivity index (χ0) is 0. The van der Waals surface area contributed by atoms with Crippen LogP contribution in [0.3, 0.4) is 0 Å². The molecule has 42 valence electrons. The van der Waals surface area contributed by atoms with Gasteiger partial charge in [0.25, 0.3) is 0 Å². The van der Waals surface area contributed by atoms with Crippen molar-refractivity contribution >= 4 is 29.6 Å². The molecule has 6 heteroatoms. The summed E-state index contributed by atoms with van der Waals surface area (Å²) in [6.45, 7) is 0. The van der Waals surface area contributed by atoms with E-state index < -0.39 is 0 Å². The van der Waals surface area contributed by atoms with E-state index in [1.165, 1.54) is 0 Å². The summed E-state index contributed by atoms with van der Waals surface area (Å²) >= 11 is 0. The molecule has 0 amide bonds. The van der Waals surface area contributed by atoms with Crippen LogP contribution in [-0.2, 0) is 0 Å². The Morgan fingerprint density at radius 3 is 0.500 bits per heavy atom. The molecule has 0 heterocycles. The van der Waals surface area contributed by atoms with E-state index in [0.717, 1.165) is 0 Å². The fourth-order valence-electron chi connectivity index (χ4n) is 0. The summed E-state index contributed by atoms with van der Waals surface area (Å²) in [5.74, 6) is 0. The van der Waals surface area contributed by atoms with Gasteiger partial charge in [-0.15, -0.1) is 0 Å². The number of rotatable bonds is 0. The topological polar surface area (TPSA) is 0 Å². The predicted octanol–water partition coefficient (Wildman–Crippen LogP) is -0.0385. The maximum atomic E-state index is 0. The van der Waals surface area contributed by atoms with Crippen molar-refractivity contribution in [2.75, 3.05) is 0 Å². The van der Waals surface area contributed by atoms with Crippen LogP contribution in [-0.4, -0.2) is 29.6 Å². The summed E-state index contributed by atoms with van der Waals surface area (Å²) in [4.78, 5) is 0. The molecule has 0 aromatic carbocycles. The normalized spacial score (nSPS) is 0. The van der Waals surface area contributed by atoms with Gasteiger partial charge in [0.15, 0.2) is 0 Å². The van der Waals surface area contributed by atoms with Crippen molar-refractivity contribution in [1.29, 1.82) is 0 Å². The van der Waals surface area contributed by atoms with Crippen LogP contribution in [0.15, 0.2) is 0 Å². The summed E-state index contributed by atoms with van der Waals surface area (Å²) in [5.41, 5.74) is 0. The van der Waals surface area contributed by atoms with Gasteiger partial charge >= 0.3 is 29.6 Å². The second kappa shape index (κ2) is 61.6. The van der Waals surface area contributed by atoms with Crippen LogP contribution >= 0.6 is 0 Å². The average Bonchev–Trinajstić information content (AvgIpc) is 0. The second-order valence-corrected chi connectivity index (χ2v) is 0. The molecule has 0 rings (SSSR count). The van der Waals surface area contributed by atoms with E-state index in [2.05, 4.69) is 0 Å². The molecule has 0 saturated heterocycles. The standard InChI is InChI=1S/4FH.Gd.Na.H/h4*1H;;;. The fourth-order valence-corrected chi connectivity index (χ4v) is 0. The van der Waals surface area contributed by atoms with E-state index >= 15 is 0 Å². The van der Waals surface area contributed by atoms with Crippen LogP contribution in [0.2, 0.25) is 0 Å². The maximum absolute atomic E-state index is 0. The first-order valence-electron chi connectivity index (χ1n) is 0. The van der Waals surface area contributed by atoms with Gasteiger partial charge in [0, 0.05) is 39.9 Å². The molecule has 0 unspecified atom stereocenters. The number of hydrogen-bond acceptors (Lipinski definition) is 0. The summed E-state index contributed by atoms with van der Waals surface area (Å²) in [6, 6.07) is 0. The molecule has 0 aromatic heterocycles. The summed E-state index contributed by atoms with van der Waals surface area (Å²) < 4.78 is 0. The predicted molar refractivity (Wildman–Crippen MR) is 17.2 cm³/mol. The van der Waals surface area contributed by atoms with Crippen LogP contribution in [0.1, 0.15) is 0 Å². The molecular weight excluding hydrogens is 256 g/mol. The average molecular weight is 261 g/mol. The quantitative estimate of drug-likeness (QED) is 0.424. The van der Waals surface area contributed by atoms with E-state index in [0.29, 0.717) is 0 Å². The minimum atomic E-state index is 0. The summed E-state index contributed by atoms with van der Waals surface area (Å²) in [7, 11) is 0. The SMILES string of the molecule is F.F.F.F.[Gd].[NaH]. The minimum absolute atomic E-state index is 0. The molecule has 0 aliphatic carbocycles. The molecule has 0 N–H and O–H groups in total. The van der Waals surface area contributed by atoms with Gasteiger partial charge < -0.3 is 0 Å². The van der Waals surface area contributed by atoms with Gasteiger partial charge in [0.05, 0.1) is 0 Å². The molecular formula is H5F4GdNa. The second-order valence-electron chi connectivity index (χ2n) is 0. The molecule has 0 atom stereocenters. The Balaban J connectivity index is 0. The number of halogens is 4. The van der Waals surface area contributed by atoms with Gasteiger partial charge in [-0.05, 0) is 0 Å². The van der Waals surface area contributed by atoms with Gasteiger partial charge in [-0.2, -0.15) is 0 Å². The third-order valence-electron chi connectivity index (χ3n) is 0. The first-order valence-corrected chi connectivity index (χ1v) is 0. The molecule has 0 radical (unpaired) electrons. The Labute approximate surface area is 86.9 Å². The van der Waals surface area contributed by atoms with Crippen molar-refractivity contribution in [2.24, 2.45) is 0 Å². The molecule has 0 nitrogen and oxygen atoms in total. The van der Waals surface area contributed by atoms with E-state index in [1.807, 2.05) is 0 Å². The van der Waals surface area contributed by atoms with Crippen LogP contribution in [0.5, 0.6) is 0 Å². The monoisotopic (exact) mass is 262 g/mol. The molecule has 0 aliphatic rings. The molecule has 0 spiro atoms. The van der Waals surface area contributed by atoms with E-state index in [1.54, 1.807) is 0 Å². The van der Waals surface area contributed by atoms with Crippen LogP contribution in [0, 0.1) is 39.9 Å². The molecule has 6 heavy (non-hydrogen) atoms. The first kappa shape index (κ1) is 95.5. The number of hydrogen-bond donors (Lipinski definition) is 0. The third-order valence-corrected chi connectivity index (χ3v) is 0. The summed E-state index contributed by atoms with van der Waals surface area (Å²) in [6.07, 6.45) is 0.